The maximum atomic E-state index is 10.4. The number of hydrogen-bond acceptors (Lipinski definition) is 2. The van der Waals surface area contributed by atoms with Crippen molar-refractivity contribution in [2.45, 2.75) is 20.0 Å². The number of halogens is 2. The summed E-state index contributed by atoms with van der Waals surface area (Å²) >= 11 is 12.0. The van der Waals surface area contributed by atoms with Gasteiger partial charge in [-0.15, -0.1) is 0 Å². The zero-order valence-electron chi connectivity index (χ0n) is 9.41. The van der Waals surface area contributed by atoms with E-state index < -0.39 is 5.97 Å². The molecular weight excluding hydrogens is 263 g/mol. The molecule has 3 nitrogen and oxygen atoms in total. The number of carboxylic acids is 1. The van der Waals surface area contributed by atoms with Crippen LogP contribution in [0, 0.1) is 0 Å². The van der Waals surface area contributed by atoms with E-state index in [-0.39, 0.29) is 6.10 Å². The van der Waals surface area contributed by atoms with E-state index in [1.54, 1.807) is 12.1 Å². The second kappa shape index (κ2) is 5.94. The van der Waals surface area contributed by atoms with Crippen molar-refractivity contribution in [3.8, 4) is 5.75 Å². The van der Waals surface area contributed by atoms with Crippen LogP contribution in [0.5, 0.6) is 5.75 Å². The smallest absolute Gasteiger partial charge is 0.328 e. The molecule has 0 spiro atoms. The van der Waals surface area contributed by atoms with Crippen LogP contribution in [-0.4, -0.2) is 17.2 Å². The molecule has 0 aliphatic rings. The minimum Gasteiger partial charge on any atom is -0.488 e. The minimum absolute atomic E-state index is 0.0367. The Balaban J connectivity index is 3.05. The van der Waals surface area contributed by atoms with Gasteiger partial charge in [0.15, 0.2) is 5.75 Å². The Labute approximate surface area is 110 Å². The third-order valence-electron chi connectivity index (χ3n) is 1.79. The number of aliphatic carboxylic acids is 1. The lowest BCUT2D eigenvalue weighted by atomic mass is 10.2. The van der Waals surface area contributed by atoms with Crippen LogP contribution in [0.4, 0.5) is 0 Å². The van der Waals surface area contributed by atoms with Crippen molar-refractivity contribution >= 4 is 35.2 Å². The zero-order chi connectivity index (χ0) is 13.0. The summed E-state index contributed by atoms with van der Waals surface area (Å²) in [6, 6.07) is 3.20. The molecule has 0 radical (unpaired) electrons. The van der Waals surface area contributed by atoms with Crippen LogP contribution < -0.4 is 4.74 Å². The van der Waals surface area contributed by atoms with Crippen LogP contribution in [0.3, 0.4) is 0 Å². The molecule has 92 valence electrons. The molecular formula is C12H12Cl2O3. The minimum atomic E-state index is -1.03. The highest BCUT2D eigenvalue weighted by atomic mass is 35.5. The first-order valence-corrected chi connectivity index (χ1v) is 5.72. The summed E-state index contributed by atoms with van der Waals surface area (Å²) in [6.07, 6.45) is 2.40. The van der Waals surface area contributed by atoms with Crippen molar-refractivity contribution in [1.29, 1.82) is 0 Å². The highest BCUT2D eigenvalue weighted by molar-refractivity contribution is 6.37. The van der Waals surface area contributed by atoms with Gasteiger partial charge < -0.3 is 9.84 Å². The molecule has 0 aliphatic carbocycles. The molecule has 0 heterocycles. The molecule has 0 saturated carbocycles. The van der Waals surface area contributed by atoms with Crippen LogP contribution in [0.1, 0.15) is 19.4 Å². The van der Waals surface area contributed by atoms with Gasteiger partial charge in [-0.05, 0) is 37.6 Å². The Morgan fingerprint density at radius 2 is 1.88 bits per heavy atom. The second-order valence-corrected chi connectivity index (χ2v) is 4.47. The summed E-state index contributed by atoms with van der Waals surface area (Å²) < 4.78 is 5.45. The van der Waals surface area contributed by atoms with Gasteiger partial charge in [-0.3, -0.25) is 0 Å². The molecule has 0 unspecified atom stereocenters. The van der Waals surface area contributed by atoms with E-state index in [0.717, 1.165) is 6.08 Å². The van der Waals surface area contributed by atoms with Gasteiger partial charge in [0.2, 0.25) is 0 Å². The number of ether oxygens (including phenoxy) is 1. The van der Waals surface area contributed by atoms with Gasteiger partial charge in [0.05, 0.1) is 16.1 Å². The average Bonchev–Trinajstić information content (AvgIpc) is 2.20. The fraction of sp³-hybridized carbons (Fsp3) is 0.250. The van der Waals surface area contributed by atoms with Crippen LogP contribution >= 0.6 is 23.2 Å². The second-order valence-electron chi connectivity index (χ2n) is 3.65. The standard InChI is InChI=1S/C12H12Cl2O3/c1-7(2)17-12-9(13)5-8(6-10(12)14)3-4-11(15)16/h3-7H,1-2H3,(H,15,16)/b4-3+. The maximum Gasteiger partial charge on any atom is 0.328 e. The number of benzene rings is 1. The summed E-state index contributed by atoms with van der Waals surface area (Å²) in [5.74, 6) is -0.615. The lowest BCUT2D eigenvalue weighted by Crippen LogP contribution is -2.06. The summed E-state index contributed by atoms with van der Waals surface area (Å²) in [7, 11) is 0. The third kappa shape index (κ3) is 4.29. The van der Waals surface area contributed by atoms with Gasteiger partial charge in [-0.2, -0.15) is 0 Å². The number of rotatable bonds is 4. The summed E-state index contributed by atoms with van der Waals surface area (Å²) in [5.41, 5.74) is 0.610. The SMILES string of the molecule is CC(C)Oc1c(Cl)cc(/C=C/C(=O)O)cc1Cl. The summed E-state index contributed by atoms with van der Waals surface area (Å²) in [5, 5.41) is 9.22. The van der Waals surface area contributed by atoms with E-state index in [1.807, 2.05) is 13.8 Å². The van der Waals surface area contributed by atoms with Crippen molar-refractivity contribution in [2.24, 2.45) is 0 Å². The quantitative estimate of drug-likeness (QED) is 0.848. The fourth-order valence-electron chi connectivity index (χ4n) is 1.19. The van der Waals surface area contributed by atoms with Gasteiger partial charge in [-0.25, -0.2) is 4.79 Å². The average molecular weight is 275 g/mol. The molecule has 0 amide bonds. The van der Waals surface area contributed by atoms with Crippen LogP contribution in [0.25, 0.3) is 6.08 Å². The molecule has 0 bridgehead atoms. The van der Waals surface area contributed by atoms with E-state index in [2.05, 4.69) is 0 Å². The van der Waals surface area contributed by atoms with E-state index >= 15 is 0 Å². The molecule has 0 fully saturated rings. The molecule has 1 rings (SSSR count). The highest BCUT2D eigenvalue weighted by Gasteiger charge is 2.10. The van der Waals surface area contributed by atoms with Crippen molar-refractivity contribution in [3.63, 3.8) is 0 Å². The Morgan fingerprint density at radius 1 is 1.35 bits per heavy atom. The number of carboxylic acid groups (broad SMARTS) is 1. The van der Waals surface area contributed by atoms with Crippen LogP contribution in [0.15, 0.2) is 18.2 Å². The molecule has 1 N–H and O–H groups in total. The predicted octanol–water partition coefficient (Wildman–Crippen LogP) is 3.88. The monoisotopic (exact) mass is 274 g/mol. The first-order valence-electron chi connectivity index (χ1n) is 4.97. The van der Waals surface area contributed by atoms with Gasteiger partial charge in [0.25, 0.3) is 0 Å². The number of hydrogen-bond donors (Lipinski definition) is 1. The summed E-state index contributed by atoms with van der Waals surface area (Å²) in [6.45, 7) is 3.73. The first kappa shape index (κ1) is 13.9. The Morgan fingerprint density at radius 3 is 2.29 bits per heavy atom. The van der Waals surface area contributed by atoms with Gasteiger partial charge >= 0.3 is 5.97 Å². The van der Waals surface area contributed by atoms with E-state index in [4.69, 9.17) is 33.0 Å². The normalized spacial score (nSPS) is 11.1. The third-order valence-corrected chi connectivity index (χ3v) is 2.35. The lowest BCUT2D eigenvalue weighted by molar-refractivity contribution is -0.131. The van der Waals surface area contributed by atoms with E-state index in [1.165, 1.54) is 6.08 Å². The zero-order valence-corrected chi connectivity index (χ0v) is 10.9. The van der Waals surface area contributed by atoms with E-state index in [0.29, 0.717) is 21.4 Å². The van der Waals surface area contributed by atoms with E-state index in [9.17, 15) is 4.79 Å². The molecule has 1 aromatic rings. The summed E-state index contributed by atoms with van der Waals surface area (Å²) in [4.78, 5) is 10.4. The highest BCUT2D eigenvalue weighted by Crippen LogP contribution is 2.35. The maximum absolute atomic E-state index is 10.4. The van der Waals surface area contributed by atoms with Crippen molar-refractivity contribution in [1.82, 2.24) is 0 Å². The largest absolute Gasteiger partial charge is 0.488 e. The van der Waals surface area contributed by atoms with Gasteiger partial charge in [0.1, 0.15) is 0 Å². The van der Waals surface area contributed by atoms with Gasteiger partial charge in [0, 0.05) is 6.08 Å². The Hall–Kier alpha value is -1.19. The van der Waals surface area contributed by atoms with Gasteiger partial charge in [-0.1, -0.05) is 23.2 Å². The molecule has 0 aliphatic heterocycles. The van der Waals surface area contributed by atoms with Crippen molar-refractivity contribution in [3.05, 3.63) is 33.8 Å². The topological polar surface area (TPSA) is 46.5 Å². The van der Waals surface area contributed by atoms with Crippen LogP contribution in [0.2, 0.25) is 10.0 Å². The lowest BCUT2D eigenvalue weighted by Gasteiger charge is -2.13. The fourth-order valence-corrected chi connectivity index (χ4v) is 1.78. The Bertz CT molecular complexity index is 430. The molecule has 17 heavy (non-hydrogen) atoms. The molecule has 1 aromatic carbocycles. The number of carbonyl (C=O) groups is 1. The van der Waals surface area contributed by atoms with Crippen molar-refractivity contribution < 1.29 is 14.6 Å². The molecule has 0 aromatic heterocycles. The van der Waals surface area contributed by atoms with Crippen LogP contribution in [-0.2, 0) is 4.79 Å². The molecule has 5 heteroatoms. The molecule has 0 saturated heterocycles. The molecule has 0 atom stereocenters. The van der Waals surface area contributed by atoms with Crippen molar-refractivity contribution in [2.75, 3.05) is 0 Å². The first-order chi connectivity index (χ1) is 7.90. The predicted molar refractivity (Wildman–Crippen MR) is 68.9 cm³/mol. The Kier molecular flexibility index (Phi) is 4.85.